The topological polar surface area (TPSA) is 54.5 Å². The third-order valence-corrected chi connectivity index (χ3v) is 6.15. The lowest BCUT2D eigenvalue weighted by Gasteiger charge is -2.31. The molecule has 1 atom stereocenters. The summed E-state index contributed by atoms with van der Waals surface area (Å²) in [7, 11) is 0. The molecule has 2 saturated heterocycles. The average Bonchev–Trinajstić information content (AvgIpc) is 3.26. The molecule has 2 aliphatic rings. The fraction of sp³-hybridized carbons (Fsp3) is 0.565. The van der Waals surface area contributed by atoms with Crippen LogP contribution < -0.4 is 5.32 Å². The van der Waals surface area contributed by atoms with Crippen LogP contribution in [0.4, 0.5) is 4.39 Å². The van der Waals surface area contributed by atoms with E-state index in [2.05, 4.69) is 15.2 Å². The number of amides is 1. The molecule has 0 saturated carbocycles. The van der Waals surface area contributed by atoms with Crippen molar-refractivity contribution in [3.05, 3.63) is 41.8 Å². The molecule has 0 aliphatic carbocycles. The highest BCUT2D eigenvalue weighted by Gasteiger charge is 2.21. The smallest absolute Gasteiger partial charge is 0.220 e. The second kappa shape index (κ2) is 9.63. The fourth-order valence-electron chi connectivity index (χ4n) is 4.36. The molecule has 0 unspecified atom stereocenters. The second-order valence-corrected chi connectivity index (χ2v) is 8.31. The van der Waals surface area contributed by atoms with E-state index in [0.717, 1.165) is 69.4 Å². The maximum atomic E-state index is 14.0. The van der Waals surface area contributed by atoms with Crippen molar-refractivity contribution in [2.75, 3.05) is 26.2 Å². The van der Waals surface area contributed by atoms with Gasteiger partial charge in [-0.1, -0.05) is 18.2 Å². The number of piperidine rings is 1. The van der Waals surface area contributed by atoms with Gasteiger partial charge in [0.15, 0.2) is 0 Å². The summed E-state index contributed by atoms with van der Waals surface area (Å²) in [5.41, 5.74) is 1.36. The number of hydrogen-bond acceptors (Lipinski definition) is 4. The van der Waals surface area contributed by atoms with Crippen molar-refractivity contribution in [3.63, 3.8) is 0 Å². The number of para-hydroxylation sites is 1. The molecule has 2 aliphatic heterocycles. The molecule has 1 aromatic heterocycles. The number of nitrogens with one attached hydrogen (secondary N) is 1. The maximum Gasteiger partial charge on any atom is 0.220 e. The Morgan fingerprint density at radius 2 is 2.07 bits per heavy atom. The van der Waals surface area contributed by atoms with Crippen LogP contribution in [-0.4, -0.2) is 48.1 Å². The van der Waals surface area contributed by atoms with Crippen molar-refractivity contribution in [2.24, 2.45) is 5.92 Å². The van der Waals surface area contributed by atoms with Gasteiger partial charge in [0.05, 0.1) is 11.8 Å². The van der Waals surface area contributed by atoms with Gasteiger partial charge in [0.25, 0.3) is 0 Å². The first-order valence-corrected chi connectivity index (χ1v) is 10.8. The molecule has 2 fully saturated rings. The van der Waals surface area contributed by atoms with Crippen molar-refractivity contribution in [1.82, 2.24) is 15.2 Å². The van der Waals surface area contributed by atoms with E-state index in [-0.39, 0.29) is 17.8 Å². The van der Waals surface area contributed by atoms with Gasteiger partial charge in [0.2, 0.25) is 5.91 Å². The van der Waals surface area contributed by atoms with E-state index in [4.69, 9.17) is 4.74 Å². The van der Waals surface area contributed by atoms with Gasteiger partial charge in [-0.05, 0) is 63.2 Å². The molecule has 1 amide bonds. The standard InChI is InChI=1S/C23H30FN3O2/c24-21-5-1-3-18-7-8-19(26-23(18)21)16-27-12-10-17(11-13-27)6-9-22(28)25-15-20-4-2-14-29-20/h1,3,5,7-8,17,20H,2,4,6,9-16H2,(H,25,28)/t20-/m1/s1. The van der Waals surface area contributed by atoms with Crippen LogP contribution in [0.25, 0.3) is 10.9 Å². The zero-order valence-electron chi connectivity index (χ0n) is 16.9. The quantitative estimate of drug-likeness (QED) is 0.772. The molecule has 29 heavy (non-hydrogen) atoms. The lowest BCUT2D eigenvalue weighted by atomic mass is 9.92. The van der Waals surface area contributed by atoms with Crippen LogP contribution in [0.2, 0.25) is 0 Å². The Balaban J connectivity index is 1.18. The minimum atomic E-state index is -0.263. The van der Waals surface area contributed by atoms with Gasteiger partial charge in [0.1, 0.15) is 11.3 Å². The summed E-state index contributed by atoms with van der Waals surface area (Å²) in [6.45, 7) is 4.22. The number of halogens is 1. The molecule has 4 rings (SSSR count). The zero-order chi connectivity index (χ0) is 20.1. The zero-order valence-corrected chi connectivity index (χ0v) is 16.9. The summed E-state index contributed by atoms with van der Waals surface area (Å²) in [4.78, 5) is 19.0. The number of ether oxygens (including phenoxy) is 1. The number of benzene rings is 1. The van der Waals surface area contributed by atoms with E-state index < -0.39 is 0 Å². The van der Waals surface area contributed by atoms with Gasteiger partial charge < -0.3 is 10.1 Å². The number of hydrogen-bond donors (Lipinski definition) is 1. The molecule has 1 aromatic carbocycles. The summed E-state index contributed by atoms with van der Waals surface area (Å²) in [5, 5.41) is 3.85. The monoisotopic (exact) mass is 399 g/mol. The number of nitrogens with zero attached hydrogens (tertiary/aromatic N) is 2. The van der Waals surface area contributed by atoms with Crippen LogP contribution in [0.5, 0.6) is 0 Å². The summed E-state index contributed by atoms with van der Waals surface area (Å²) in [6.07, 6.45) is 6.11. The van der Waals surface area contributed by atoms with E-state index in [0.29, 0.717) is 24.4 Å². The van der Waals surface area contributed by atoms with Gasteiger partial charge in [-0.3, -0.25) is 9.69 Å². The molecule has 3 heterocycles. The van der Waals surface area contributed by atoms with E-state index in [9.17, 15) is 9.18 Å². The van der Waals surface area contributed by atoms with E-state index in [1.807, 2.05) is 18.2 Å². The molecule has 0 radical (unpaired) electrons. The molecule has 0 bridgehead atoms. The molecule has 156 valence electrons. The number of fused-ring (bicyclic) bond motifs is 1. The van der Waals surface area contributed by atoms with Crippen LogP contribution in [0, 0.1) is 11.7 Å². The highest BCUT2D eigenvalue weighted by atomic mass is 19.1. The molecule has 1 N–H and O–H groups in total. The van der Waals surface area contributed by atoms with E-state index in [1.165, 1.54) is 6.07 Å². The highest BCUT2D eigenvalue weighted by molar-refractivity contribution is 5.79. The molecular formula is C23H30FN3O2. The lowest BCUT2D eigenvalue weighted by molar-refractivity contribution is -0.122. The lowest BCUT2D eigenvalue weighted by Crippen LogP contribution is -2.35. The Bertz CT molecular complexity index is 830. The number of pyridine rings is 1. The number of carbonyl (C=O) groups is 1. The van der Waals surface area contributed by atoms with Crippen LogP contribution >= 0.6 is 0 Å². The fourth-order valence-corrected chi connectivity index (χ4v) is 4.36. The summed E-state index contributed by atoms with van der Waals surface area (Å²) < 4.78 is 19.5. The maximum absolute atomic E-state index is 14.0. The second-order valence-electron chi connectivity index (χ2n) is 8.31. The Labute approximate surface area is 171 Å². The predicted molar refractivity (Wildman–Crippen MR) is 111 cm³/mol. The number of rotatable bonds is 7. The van der Waals surface area contributed by atoms with Gasteiger partial charge in [-0.15, -0.1) is 0 Å². The largest absolute Gasteiger partial charge is 0.376 e. The first kappa shape index (κ1) is 20.2. The molecule has 6 heteroatoms. The van der Waals surface area contributed by atoms with Gasteiger partial charge in [-0.25, -0.2) is 9.37 Å². The number of likely N-dealkylation sites (tertiary alicyclic amines) is 1. The van der Waals surface area contributed by atoms with Crippen LogP contribution in [0.1, 0.15) is 44.2 Å². The third kappa shape index (κ3) is 5.52. The third-order valence-electron chi connectivity index (χ3n) is 6.15. The first-order chi connectivity index (χ1) is 14.2. The predicted octanol–water partition coefficient (Wildman–Crippen LogP) is 3.66. The van der Waals surface area contributed by atoms with Crippen molar-refractivity contribution in [1.29, 1.82) is 0 Å². The Morgan fingerprint density at radius 3 is 2.86 bits per heavy atom. The summed E-state index contributed by atoms with van der Waals surface area (Å²) >= 11 is 0. The van der Waals surface area contributed by atoms with Crippen LogP contribution in [-0.2, 0) is 16.1 Å². The van der Waals surface area contributed by atoms with Crippen molar-refractivity contribution < 1.29 is 13.9 Å². The normalized spacial score (nSPS) is 20.9. The van der Waals surface area contributed by atoms with Gasteiger partial charge in [0, 0.05) is 31.5 Å². The molecular weight excluding hydrogens is 369 g/mol. The van der Waals surface area contributed by atoms with Crippen molar-refractivity contribution in [3.8, 4) is 0 Å². The molecule has 2 aromatic rings. The highest BCUT2D eigenvalue weighted by Crippen LogP contribution is 2.24. The van der Waals surface area contributed by atoms with Crippen molar-refractivity contribution in [2.45, 2.75) is 51.2 Å². The number of aromatic nitrogens is 1. The van der Waals surface area contributed by atoms with Gasteiger partial charge >= 0.3 is 0 Å². The Hall–Kier alpha value is -2.05. The number of carbonyl (C=O) groups excluding carboxylic acids is 1. The molecule has 0 spiro atoms. The summed E-state index contributed by atoms with van der Waals surface area (Å²) in [6, 6.07) is 9.00. The first-order valence-electron chi connectivity index (χ1n) is 10.8. The minimum Gasteiger partial charge on any atom is -0.376 e. The average molecular weight is 400 g/mol. The Morgan fingerprint density at radius 1 is 1.21 bits per heavy atom. The Kier molecular flexibility index (Phi) is 6.72. The molecule has 5 nitrogen and oxygen atoms in total. The minimum absolute atomic E-state index is 0.144. The van der Waals surface area contributed by atoms with Crippen LogP contribution in [0.3, 0.4) is 0 Å². The van der Waals surface area contributed by atoms with Crippen LogP contribution in [0.15, 0.2) is 30.3 Å². The van der Waals surface area contributed by atoms with E-state index in [1.54, 1.807) is 6.07 Å². The van der Waals surface area contributed by atoms with Crippen molar-refractivity contribution >= 4 is 16.8 Å². The summed E-state index contributed by atoms with van der Waals surface area (Å²) in [5.74, 6) is 0.480. The van der Waals surface area contributed by atoms with E-state index >= 15 is 0 Å². The van der Waals surface area contributed by atoms with Gasteiger partial charge in [-0.2, -0.15) is 0 Å². The SMILES string of the molecule is O=C(CCC1CCN(Cc2ccc3cccc(F)c3n2)CC1)NC[C@H]1CCCO1.